The van der Waals surface area contributed by atoms with E-state index in [2.05, 4.69) is 5.32 Å². The summed E-state index contributed by atoms with van der Waals surface area (Å²) in [7, 11) is 0. The van der Waals surface area contributed by atoms with Gasteiger partial charge in [-0.3, -0.25) is 9.59 Å². The molecule has 6 nitrogen and oxygen atoms in total. The van der Waals surface area contributed by atoms with Gasteiger partial charge in [-0.25, -0.2) is 0 Å². The molecule has 6 aliphatic rings. The van der Waals surface area contributed by atoms with Crippen LogP contribution in [0, 0.1) is 35.0 Å². The Morgan fingerprint density at radius 2 is 1.36 bits per heavy atom. The standard InChI is InChI=1S/C33H52F3N3O3/c34-33(35,36)25-11-12-26-27(21-25)37-22-31(13-5-3-1-2-4-6-14-31)28(26)23-7-9-24(10-8-23)29(40)38-17-19-39(20-18-38)30(41)32(42)15-16-32/h23-28,37,42H,1-22H2. The quantitative estimate of drug-likeness (QED) is 0.441. The first-order valence-electron chi connectivity index (χ1n) is 17.2. The molecule has 6 fully saturated rings. The lowest BCUT2D eigenvalue weighted by Gasteiger charge is -2.58. The molecule has 4 unspecified atom stereocenters. The van der Waals surface area contributed by atoms with Crippen molar-refractivity contribution in [1.29, 1.82) is 0 Å². The lowest BCUT2D eigenvalue weighted by molar-refractivity contribution is -0.193. The third-order valence-electron chi connectivity index (χ3n) is 12.5. The summed E-state index contributed by atoms with van der Waals surface area (Å²) in [5.41, 5.74) is -0.982. The number of amides is 2. The fraction of sp³-hybridized carbons (Fsp3) is 0.939. The predicted octanol–water partition coefficient (Wildman–Crippen LogP) is 5.68. The maximum atomic E-state index is 13.7. The van der Waals surface area contributed by atoms with Gasteiger partial charge in [0.1, 0.15) is 5.60 Å². The number of nitrogens with zero attached hydrogens (tertiary/aromatic N) is 2. The van der Waals surface area contributed by atoms with E-state index in [1.54, 1.807) is 4.90 Å². The Kier molecular flexibility index (Phi) is 8.91. The van der Waals surface area contributed by atoms with Crippen LogP contribution in [-0.2, 0) is 9.59 Å². The highest BCUT2D eigenvalue weighted by Crippen LogP contribution is 2.57. The number of aliphatic hydroxyl groups is 1. The summed E-state index contributed by atoms with van der Waals surface area (Å²) >= 11 is 0. The van der Waals surface area contributed by atoms with Crippen LogP contribution in [0.15, 0.2) is 0 Å². The van der Waals surface area contributed by atoms with Gasteiger partial charge in [0, 0.05) is 44.7 Å². The molecule has 0 bridgehead atoms. The number of carbonyl (C=O) groups is 2. The minimum absolute atomic E-state index is 0.00563. The van der Waals surface area contributed by atoms with Crippen molar-refractivity contribution < 1.29 is 27.9 Å². The van der Waals surface area contributed by atoms with Gasteiger partial charge in [0.05, 0.1) is 5.92 Å². The minimum Gasteiger partial charge on any atom is -0.380 e. The number of carbonyl (C=O) groups excluding carboxylic acids is 2. The SMILES string of the molecule is O=C(C1CCC(C2C3CCC(C(F)(F)F)CC3NCC23CCCCCCCC3)CC1)N1CCN(C(=O)C2(O)CC2)CC1. The van der Waals surface area contributed by atoms with Crippen LogP contribution < -0.4 is 5.32 Å². The minimum atomic E-state index is -4.11. The number of halogens is 3. The highest BCUT2D eigenvalue weighted by Gasteiger charge is 2.56. The highest BCUT2D eigenvalue weighted by molar-refractivity contribution is 5.88. The molecule has 0 aromatic heterocycles. The van der Waals surface area contributed by atoms with E-state index in [1.165, 1.54) is 51.4 Å². The zero-order chi connectivity index (χ0) is 29.5. The van der Waals surface area contributed by atoms with E-state index in [4.69, 9.17) is 0 Å². The Labute approximate surface area is 249 Å². The zero-order valence-electron chi connectivity index (χ0n) is 25.3. The molecule has 42 heavy (non-hydrogen) atoms. The van der Waals surface area contributed by atoms with E-state index in [0.717, 1.165) is 32.2 Å². The first kappa shape index (κ1) is 30.7. The first-order chi connectivity index (χ1) is 20.1. The Morgan fingerprint density at radius 1 is 0.762 bits per heavy atom. The average molecular weight is 596 g/mol. The molecule has 4 atom stereocenters. The summed E-state index contributed by atoms with van der Waals surface area (Å²) in [6.45, 7) is 2.90. The van der Waals surface area contributed by atoms with Crippen molar-refractivity contribution in [3.63, 3.8) is 0 Å². The fourth-order valence-corrected chi connectivity index (χ4v) is 9.95. The number of piperazine rings is 1. The zero-order valence-corrected chi connectivity index (χ0v) is 25.3. The summed E-state index contributed by atoms with van der Waals surface area (Å²) in [5, 5.41) is 13.9. The van der Waals surface area contributed by atoms with Gasteiger partial charge in [0.15, 0.2) is 0 Å². The highest BCUT2D eigenvalue weighted by atomic mass is 19.4. The average Bonchev–Trinajstić information content (AvgIpc) is 3.73. The van der Waals surface area contributed by atoms with Gasteiger partial charge in [0.2, 0.25) is 5.91 Å². The molecule has 9 heteroatoms. The first-order valence-corrected chi connectivity index (χ1v) is 17.2. The lowest BCUT2D eigenvalue weighted by atomic mass is 9.51. The van der Waals surface area contributed by atoms with Gasteiger partial charge in [0.25, 0.3) is 5.91 Å². The largest absolute Gasteiger partial charge is 0.391 e. The molecule has 2 amide bonds. The molecule has 2 aliphatic heterocycles. The van der Waals surface area contributed by atoms with Crippen LogP contribution in [0.5, 0.6) is 0 Å². The van der Waals surface area contributed by atoms with E-state index in [-0.39, 0.29) is 42.0 Å². The van der Waals surface area contributed by atoms with Crippen molar-refractivity contribution in [3.05, 3.63) is 0 Å². The third kappa shape index (κ3) is 6.25. The molecule has 4 saturated carbocycles. The van der Waals surface area contributed by atoms with Crippen LogP contribution in [0.1, 0.15) is 109 Å². The molecule has 2 heterocycles. The molecular formula is C33H52F3N3O3. The van der Waals surface area contributed by atoms with Gasteiger partial charge in [-0.1, -0.05) is 38.5 Å². The van der Waals surface area contributed by atoms with Crippen molar-refractivity contribution >= 4 is 11.8 Å². The molecule has 0 radical (unpaired) electrons. The van der Waals surface area contributed by atoms with Crippen LogP contribution in [0.4, 0.5) is 13.2 Å². The maximum Gasteiger partial charge on any atom is 0.391 e. The van der Waals surface area contributed by atoms with Crippen molar-refractivity contribution in [3.8, 4) is 0 Å². The van der Waals surface area contributed by atoms with Gasteiger partial charge < -0.3 is 20.2 Å². The van der Waals surface area contributed by atoms with Crippen molar-refractivity contribution in [1.82, 2.24) is 15.1 Å². The second-order valence-electron chi connectivity index (χ2n) is 15.0. The van der Waals surface area contributed by atoms with Crippen molar-refractivity contribution in [2.75, 3.05) is 32.7 Å². The van der Waals surface area contributed by atoms with Gasteiger partial charge in [-0.15, -0.1) is 0 Å². The lowest BCUT2D eigenvalue weighted by Crippen LogP contribution is -2.61. The molecule has 238 valence electrons. The number of alkyl halides is 3. The van der Waals surface area contributed by atoms with Crippen molar-refractivity contribution in [2.24, 2.45) is 35.0 Å². The molecule has 0 aromatic rings. The summed E-state index contributed by atoms with van der Waals surface area (Å²) in [6, 6.07) is -0.0410. The van der Waals surface area contributed by atoms with Crippen LogP contribution >= 0.6 is 0 Å². The van der Waals surface area contributed by atoms with Gasteiger partial charge >= 0.3 is 6.18 Å². The number of piperidine rings is 1. The molecule has 6 rings (SSSR count). The Balaban J connectivity index is 1.11. The van der Waals surface area contributed by atoms with E-state index >= 15 is 0 Å². The Morgan fingerprint density at radius 3 is 1.95 bits per heavy atom. The van der Waals surface area contributed by atoms with Crippen molar-refractivity contribution in [2.45, 2.75) is 127 Å². The second-order valence-corrected chi connectivity index (χ2v) is 15.0. The van der Waals surface area contributed by atoms with E-state index < -0.39 is 17.7 Å². The summed E-state index contributed by atoms with van der Waals surface area (Å²) in [4.78, 5) is 29.7. The normalized spacial score (nSPS) is 37.2. The molecule has 2 N–H and O–H groups in total. The van der Waals surface area contributed by atoms with Crippen LogP contribution in [-0.4, -0.2) is 77.3 Å². The predicted molar refractivity (Wildman–Crippen MR) is 154 cm³/mol. The monoisotopic (exact) mass is 595 g/mol. The van der Waals surface area contributed by atoms with Crippen LogP contribution in [0.3, 0.4) is 0 Å². The smallest absolute Gasteiger partial charge is 0.380 e. The summed E-state index contributed by atoms with van der Waals surface area (Å²) < 4.78 is 41.2. The molecular weight excluding hydrogens is 543 g/mol. The molecule has 0 aromatic carbocycles. The Bertz CT molecular complexity index is 959. The number of nitrogens with one attached hydrogen (secondary N) is 1. The molecule has 1 spiro atoms. The molecule has 2 saturated heterocycles. The third-order valence-corrected chi connectivity index (χ3v) is 12.5. The maximum absolute atomic E-state index is 13.7. The Hall–Kier alpha value is -1.35. The van der Waals surface area contributed by atoms with Gasteiger partial charge in [-0.2, -0.15) is 13.2 Å². The fourth-order valence-electron chi connectivity index (χ4n) is 9.95. The number of rotatable bonds is 3. The van der Waals surface area contributed by atoms with E-state index in [9.17, 15) is 27.9 Å². The second kappa shape index (κ2) is 12.2. The van der Waals surface area contributed by atoms with Gasteiger partial charge in [-0.05, 0) is 93.8 Å². The number of hydrogen-bond donors (Lipinski definition) is 2. The molecule has 4 aliphatic carbocycles. The summed E-state index contributed by atoms with van der Waals surface area (Å²) in [6.07, 6.45) is 11.8. The number of fused-ring (bicyclic) bond motifs is 1. The van der Waals surface area contributed by atoms with Crippen LogP contribution in [0.25, 0.3) is 0 Å². The van der Waals surface area contributed by atoms with Crippen LogP contribution in [0.2, 0.25) is 0 Å². The topological polar surface area (TPSA) is 72.9 Å². The van der Waals surface area contributed by atoms with E-state index in [1.807, 2.05) is 4.90 Å². The summed E-state index contributed by atoms with van der Waals surface area (Å²) in [5.74, 6) is 0.0943. The number of hydrogen-bond acceptors (Lipinski definition) is 4. The van der Waals surface area contributed by atoms with E-state index in [0.29, 0.717) is 63.2 Å².